The van der Waals surface area contributed by atoms with Crippen LogP contribution in [0.4, 0.5) is 0 Å². The van der Waals surface area contributed by atoms with Crippen LogP contribution >= 0.6 is 11.9 Å². The second-order valence-electron chi connectivity index (χ2n) is 0.0745. The zero-order valence-electron chi connectivity index (χ0n) is 2.09. The summed E-state index contributed by atoms with van der Waals surface area (Å²) in [5, 5.41) is 0. The van der Waals surface area contributed by atoms with E-state index >= 15 is 0 Å². The third kappa shape index (κ3) is 139. The quantitative estimate of drug-likeness (QED) is 0.504. The Balaban J connectivity index is 0. The van der Waals surface area contributed by atoms with Gasteiger partial charge in [-0.15, -0.1) is 0 Å². The van der Waals surface area contributed by atoms with E-state index in [2.05, 4.69) is 11.9 Å². The van der Waals surface area contributed by atoms with Gasteiger partial charge in [0.15, 0.2) is 0 Å². The zero-order valence-corrected chi connectivity index (χ0v) is 4.24. The molecule has 0 aliphatic heterocycles. The van der Waals surface area contributed by atoms with Gasteiger partial charge >= 0.3 is 23.5 Å². The fraction of sp³-hybridized carbons (Fsp3) is 0. The summed E-state index contributed by atoms with van der Waals surface area (Å²) in [6.45, 7) is 0. The van der Waals surface area contributed by atoms with Crippen LogP contribution in [0.2, 0.25) is 0 Å². The van der Waals surface area contributed by atoms with Crippen LogP contribution < -0.4 is 0 Å². The topological polar surface area (TPSA) is 54.4 Å². The van der Waals surface area contributed by atoms with Crippen molar-refractivity contribution in [1.29, 1.82) is 0 Å². The molecule has 5 heteroatoms. The third-order valence-corrected chi connectivity index (χ3v) is 0. The molecular formula is HClO3V. The average Bonchev–Trinajstić information content (AvgIpc) is 1.46. The molecule has 0 bridgehead atoms. The SMILES string of the molecule is OCl.[O]=[V]=[O]. The number of halogens is 1. The van der Waals surface area contributed by atoms with Crippen LogP contribution in [-0.4, -0.2) is 4.66 Å². The van der Waals surface area contributed by atoms with Crippen LogP contribution in [0.1, 0.15) is 0 Å². The van der Waals surface area contributed by atoms with E-state index in [1.807, 2.05) is 0 Å². The summed E-state index contributed by atoms with van der Waals surface area (Å²) in [6.07, 6.45) is 0. The molecule has 0 aromatic heterocycles. The van der Waals surface area contributed by atoms with E-state index in [0.717, 1.165) is 0 Å². The van der Waals surface area contributed by atoms with Gasteiger partial charge in [0.1, 0.15) is 0 Å². The molecule has 0 amide bonds. The Labute approximate surface area is 40.6 Å². The average molecular weight is 135 g/mol. The molecule has 0 aromatic carbocycles. The Hall–Kier alpha value is 0.434. The molecule has 0 aliphatic carbocycles. The van der Waals surface area contributed by atoms with Crippen molar-refractivity contribution in [2.75, 3.05) is 0 Å². The first-order chi connectivity index (χ1) is 2.41. The predicted octanol–water partition coefficient (Wildman–Crippen LogP) is -0.108. The van der Waals surface area contributed by atoms with Gasteiger partial charge < -0.3 is 0 Å². The van der Waals surface area contributed by atoms with E-state index in [1.165, 1.54) is 0 Å². The van der Waals surface area contributed by atoms with Crippen molar-refractivity contribution in [3.8, 4) is 0 Å². The Bertz CT molecular complexity index is 27.9. The summed E-state index contributed by atoms with van der Waals surface area (Å²) in [5.74, 6) is 0. The van der Waals surface area contributed by atoms with E-state index in [1.54, 1.807) is 0 Å². The van der Waals surface area contributed by atoms with Gasteiger partial charge in [0.05, 0.1) is 11.9 Å². The Morgan fingerprint density at radius 3 is 1.40 bits per heavy atom. The van der Waals surface area contributed by atoms with Gasteiger partial charge in [0.2, 0.25) is 0 Å². The van der Waals surface area contributed by atoms with Crippen LogP contribution in [0.3, 0.4) is 0 Å². The van der Waals surface area contributed by atoms with Gasteiger partial charge in [-0.3, -0.25) is 4.66 Å². The molecule has 0 aliphatic rings. The molecule has 31 valence electrons. The third-order valence-electron chi connectivity index (χ3n) is 0. The van der Waals surface area contributed by atoms with Crippen molar-refractivity contribution in [2.45, 2.75) is 0 Å². The maximum atomic E-state index is 8.47. The molecule has 0 heterocycles. The molecule has 3 nitrogen and oxygen atoms in total. The summed E-state index contributed by atoms with van der Waals surface area (Å²) in [4.78, 5) is 0. The summed E-state index contributed by atoms with van der Waals surface area (Å²) in [6, 6.07) is 0. The van der Waals surface area contributed by atoms with Crippen LogP contribution in [-0.2, 0) is 23.5 Å². The normalized spacial score (nSPS) is 2.80. The van der Waals surface area contributed by atoms with Crippen LogP contribution in [0.25, 0.3) is 0 Å². The molecule has 0 fully saturated rings. The first kappa shape index (κ1) is 9.06. The van der Waals surface area contributed by atoms with Crippen LogP contribution in [0, 0.1) is 0 Å². The van der Waals surface area contributed by atoms with Gasteiger partial charge in [-0.05, 0) is 0 Å². The first-order valence-corrected chi connectivity index (χ1v) is 2.01. The fourth-order valence-corrected chi connectivity index (χ4v) is 0. The van der Waals surface area contributed by atoms with Gasteiger partial charge in [-0.2, -0.15) is 0 Å². The van der Waals surface area contributed by atoms with E-state index < -0.39 is 16.2 Å². The van der Waals surface area contributed by atoms with E-state index in [9.17, 15) is 0 Å². The molecule has 0 atom stereocenters. The molecule has 0 aromatic rings. The van der Waals surface area contributed by atoms with E-state index in [-0.39, 0.29) is 0 Å². The van der Waals surface area contributed by atoms with Crippen LogP contribution in [0.5, 0.6) is 0 Å². The monoisotopic (exact) mass is 135 g/mol. The van der Waals surface area contributed by atoms with Crippen molar-refractivity contribution in [1.82, 2.24) is 0 Å². The van der Waals surface area contributed by atoms with Crippen molar-refractivity contribution in [3.05, 3.63) is 0 Å². The maximum absolute atomic E-state index is 8.47. The molecule has 0 saturated carbocycles. The Morgan fingerprint density at radius 2 is 1.40 bits per heavy atom. The Kier molecular flexibility index (Phi) is 46.1. The molecule has 0 rings (SSSR count). The number of hydrogen-bond acceptors (Lipinski definition) is 3. The molecule has 1 N–H and O–H groups in total. The molecule has 5 heavy (non-hydrogen) atoms. The number of rotatable bonds is 0. The summed E-state index contributed by atoms with van der Waals surface area (Å²) < 4.78 is 23.4. The van der Waals surface area contributed by atoms with Crippen molar-refractivity contribution in [2.24, 2.45) is 0 Å². The van der Waals surface area contributed by atoms with Crippen molar-refractivity contribution >= 4 is 11.9 Å². The zero-order chi connectivity index (χ0) is 4.71. The molecule has 0 saturated heterocycles. The second kappa shape index (κ2) is 25.4. The second-order valence-corrected chi connectivity index (χ2v) is 0.307. The first-order valence-electron chi connectivity index (χ1n) is 0.534. The molecule has 0 spiro atoms. The fourth-order valence-electron chi connectivity index (χ4n) is 0. The summed E-state index contributed by atoms with van der Waals surface area (Å²) in [5.41, 5.74) is 0. The summed E-state index contributed by atoms with van der Waals surface area (Å²) in [7, 11) is 0. The molecular weight excluding hydrogens is 134 g/mol. The Morgan fingerprint density at radius 1 is 1.40 bits per heavy atom. The predicted molar refractivity (Wildman–Crippen MR) is 9.44 cm³/mol. The standard InChI is InChI=1S/ClHO.2O.V/c1-2;;;/h2H;;;. The minimum absolute atomic E-state index is 1.81. The van der Waals surface area contributed by atoms with Crippen molar-refractivity contribution in [3.63, 3.8) is 0 Å². The minimum atomic E-state index is -1.81. The van der Waals surface area contributed by atoms with E-state index in [0.29, 0.717) is 0 Å². The van der Waals surface area contributed by atoms with Gasteiger partial charge in [-0.1, -0.05) is 0 Å². The van der Waals surface area contributed by atoms with E-state index in [4.69, 9.17) is 12.0 Å². The van der Waals surface area contributed by atoms with Crippen molar-refractivity contribution < 1.29 is 28.2 Å². The van der Waals surface area contributed by atoms with Gasteiger partial charge in [-0.25, -0.2) is 0 Å². The summed E-state index contributed by atoms with van der Waals surface area (Å²) >= 11 is 1.83. The molecule has 0 unspecified atom stereocenters. The molecule has 0 radical (unpaired) electrons. The van der Waals surface area contributed by atoms with Crippen LogP contribution in [0.15, 0.2) is 0 Å². The number of hydrogen-bond donors (Lipinski definition) is 1. The van der Waals surface area contributed by atoms with Gasteiger partial charge in [0, 0.05) is 0 Å². The van der Waals surface area contributed by atoms with Gasteiger partial charge in [0.25, 0.3) is 0 Å².